The van der Waals surface area contributed by atoms with Crippen LogP contribution in [0.25, 0.3) is 22.1 Å². The van der Waals surface area contributed by atoms with Gasteiger partial charge in [-0.05, 0) is 40.8 Å². The second kappa shape index (κ2) is 5.09. The Morgan fingerprint density at radius 2 is 1.58 bits per heavy atom. The fourth-order valence-electron chi connectivity index (χ4n) is 1.95. The largest absolute Gasteiger partial charge is 0.421 e. The van der Waals surface area contributed by atoms with E-state index in [1.165, 1.54) is 0 Å². The van der Waals surface area contributed by atoms with E-state index in [0.29, 0.717) is 11.1 Å². The Morgan fingerprint density at radius 1 is 0.947 bits per heavy atom. The number of hydrogen-bond donors (Lipinski definition) is 0. The summed E-state index contributed by atoms with van der Waals surface area (Å²) in [5.74, 6) is 0.622. The Morgan fingerprint density at radius 3 is 2.26 bits per heavy atom. The third kappa shape index (κ3) is 2.34. The van der Waals surface area contributed by atoms with Crippen LogP contribution in [0.2, 0.25) is 0 Å². The van der Waals surface area contributed by atoms with Crippen LogP contribution in [0.15, 0.2) is 62.2 Å². The molecule has 0 unspecified atom stereocenters. The van der Waals surface area contributed by atoms with Crippen molar-refractivity contribution < 1.29 is 4.42 Å². The van der Waals surface area contributed by atoms with E-state index in [-0.39, 0.29) is 5.63 Å². The average molecular weight is 427 g/mol. The van der Waals surface area contributed by atoms with Crippen LogP contribution in [-0.4, -0.2) is 0 Å². The van der Waals surface area contributed by atoms with Crippen LogP contribution in [0.4, 0.5) is 0 Å². The van der Waals surface area contributed by atoms with Gasteiger partial charge in [0.25, 0.3) is 0 Å². The highest BCUT2D eigenvalue weighted by Crippen LogP contribution is 2.30. The van der Waals surface area contributed by atoms with E-state index in [9.17, 15) is 4.79 Å². The molecule has 1 aromatic heterocycles. The summed E-state index contributed by atoms with van der Waals surface area (Å²) in [6, 6.07) is 15.2. The minimum Gasteiger partial charge on any atom is -0.421 e. The molecule has 1 heterocycles. The molecule has 0 bridgehead atoms. The monoisotopic (exact) mass is 426 g/mol. The third-order valence-corrected chi connectivity index (χ3v) is 4.48. The molecular formula is C15H8BrIO2. The summed E-state index contributed by atoms with van der Waals surface area (Å²) in [4.78, 5) is 12.0. The molecule has 4 heteroatoms. The molecule has 0 spiro atoms. The van der Waals surface area contributed by atoms with Gasteiger partial charge in [0.1, 0.15) is 0 Å². The minimum absolute atomic E-state index is 0.297. The van der Waals surface area contributed by atoms with E-state index in [1.807, 2.05) is 42.5 Å². The molecule has 0 fully saturated rings. The lowest BCUT2D eigenvalue weighted by molar-refractivity contribution is 0.532. The van der Waals surface area contributed by atoms with E-state index < -0.39 is 0 Å². The summed E-state index contributed by atoms with van der Waals surface area (Å²) in [5, 5.41) is 1.55. The molecule has 3 rings (SSSR count). The Kier molecular flexibility index (Phi) is 3.45. The van der Waals surface area contributed by atoms with E-state index in [1.54, 1.807) is 6.07 Å². The van der Waals surface area contributed by atoms with E-state index in [0.717, 1.165) is 19.0 Å². The standard InChI is InChI=1S/C15H8BrIO2/c16-10-7-5-9(6-8-10)14-13(17)11-3-1-2-4-12(11)15(18)19-14/h1-8H. The first-order chi connectivity index (χ1) is 9.16. The van der Waals surface area contributed by atoms with Crippen LogP contribution in [0.5, 0.6) is 0 Å². The van der Waals surface area contributed by atoms with Gasteiger partial charge < -0.3 is 4.42 Å². The fourth-order valence-corrected chi connectivity index (χ4v) is 3.11. The van der Waals surface area contributed by atoms with Crippen molar-refractivity contribution in [2.45, 2.75) is 0 Å². The van der Waals surface area contributed by atoms with Crippen molar-refractivity contribution in [1.82, 2.24) is 0 Å². The van der Waals surface area contributed by atoms with Crippen molar-refractivity contribution in [1.29, 1.82) is 0 Å². The number of hydrogen-bond acceptors (Lipinski definition) is 2. The first-order valence-corrected chi connectivity index (χ1v) is 7.51. The topological polar surface area (TPSA) is 30.2 Å². The summed E-state index contributed by atoms with van der Waals surface area (Å²) < 4.78 is 7.42. The highest BCUT2D eigenvalue weighted by molar-refractivity contribution is 14.1. The van der Waals surface area contributed by atoms with Gasteiger partial charge in [-0.25, -0.2) is 4.79 Å². The highest BCUT2D eigenvalue weighted by atomic mass is 127. The molecule has 2 aromatic carbocycles. The van der Waals surface area contributed by atoms with Gasteiger partial charge >= 0.3 is 5.63 Å². The number of benzene rings is 2. The molecule has 0 aliphatic carbocycles. The molecule has 0 atom stereocenters. The van der Waals surface area contributed by atoms with Gasteiger partial charge in [-0.3, -0.25) is 0 Å². The van der Waals surface area contributed by atoms with Crippen molar-refractivity contribution in [2.24, 2.45) is 0 Å². The number of rotatable bonds is 1. The predicted octanol–water partition coefficient (Wildman–Crippen LogP) is 4.83. The molecule has 0 N–H and O–H groups in total. The summed E-state index contributed by atoms with van der Waals surface area (Å²) in [5.41, 5.74) is 0.601. The van der Waals surface area contributed by atoms with Gasteiger partial charge in [0.15, 0.2) is 5.76 Å². The Hall–Kier alpha value is -1.14. The van der Waals surface area contributed by atoms with E-state index in [2.05, 4.69) is 38.5 Å². The van der Waals surface area contributed by atoms with Crippen molar-refractivity contribution in [3.63, 3.8) is 0 Å². The number of halogens is 2. The lowest BCUT2D eigenvalue weighted by atomic mass is 10.1. The molecule has 0 aliphatic heterocycles. The lowest BCUT2D eigenvalue weighted by Gasteiger charge is -2.06. The van der Waals surface area contributed by atoms with Gasteiger partial charge in [-0.15, -0.1) is 0 Å². The SMILES string of the molecule is O=c1oc(-c2ccc(Br)cc2)c(I)c2ccccc12. The number of fused-ring (bicyclic) bond motifs is 1. The Balaban J connectivity index is 2.33. The van der Waals surface area contributed by atoms with Crippen LogP contribution < -0.4 is 5.63 Å². The summed E-state index contributed by atoms with van der Waals surface area (Å²) >= 11 is 5.62. The van der Waals surface area contributed by atoms with Crippen molar-refractivity contribution in [2.75, 3.05) is 0 Å². The Bertz CT molecular complexity index is 806. The molecule has 2 nitrogen and oxygen atoms in total. The molecule has 0 saturated heterocycles. The van der Waals surface area contributed by atoms with Crippen molar-refractivity contribution in [3.8, 4) is 11.3 Å². The predicted molar refractivity (Wildman–Crippen MR) is 88.3 cm³/mol. The van der Waals surface area contributed by atoms with Gasteiger partial charge in [-0.2, -0.15) is 0 Å². The second-order valence-electron chi connectivity index (χ2n) is 4.09. The molecule has 0 aliphatic rings. The molecule has 0 radical (unpaired) electrons. The zero-order valence-electron chi connectivity index (χ0n) is 9.69. The summed E-state index contributed by atoms with van der Waals surface area (Å²) in [7, 11) is 0. The zero-order valence-corrected chi connectivity index (χ0v) is 13.4. The van der Waals surface area contributed by atoms with E-state index >= 15 is 0 Å². The fraction of sp³-hybridized carbons (Fsp3) is 0. The maximum absolute atomic E-state index is 12.0. The molecule has 0 saturated carbocycles. The van der Waals surface area contributed by atoms with Gasteiger partial charge in [-0.1, -0.05) is 46.3 Å². The molecule has 3 aromatic rings. The van der Waals surface area contributed by atoms with Crippen LogP contribution in [0.3, 0.4) is 0 Å². The summed E-state index contributed by atoms with van der Waals surface area (Å²) in [6.07, 6.45) is 0. The highest BCUT2D eigenvalue weighted by Gasteiger charge is 2.12. The van der Waals surface area contributed by atoms with Crippen LogP contribution >= 0.6 is 38.5 Å². The van der Waals surface area contributed by atoms with Crippen LogP contribution in [0.1, 0.15) is 0 Å². The smallest absolute Gasteiger partial charge is 0.344 e. The van der Waals surface area contributed by atoms with Crippen LogP contribution in [0, 0.1) is 3.57 Å². The average Bonchev–Trinajstić information content (AvgIpc) is 2.44. The van der Waals surface area contributed by atoms with Gasteiger partial charge in [0.05, 0.1) is 8.96 Å². The second-order valence-corrected chi connectivity index (χ2v) is 6.08. The zero-order chi connectivity index (χ0) is 13.4. The lowest BCUT2D eigenvalue weighted by Crippen LogP contribution is -2.02. The first kappa shape index (κ1) is 12.9. The van der Waals surface area contributed by atoms with Gasteiger partial charge in [0.2, 0.25) is 0 Å². The molecule has 94 valence electrons. The maximum atomic E-state index is 12.0. The summed E-state index contributed by atoms with van der Waals surface area (Å²) in [6.45, 7) is 0. The molecule has 19 heavy (non-hydrogen) atoms. The quantitative estimate of drug-likeness (QED) is 0.522. The first-order valence-electron chi connectivity index (χ1n) is 5.64. The molecule has 0 amide bonds. The molecular weight excluding hydrogens is 419 g/mol. The maximum Gasteiger partial charge on any atom is 0.344 e. The third-order valence-electron chi connectivity index (χ3n) is 2.88. The Labute approximate surface area is 131 Å². The van der Waals surface area contributed by atoms with Crippen molar-refractivity contribution >= 4 is 49.3 Å². The van der Waals surface area contributed by atoms with E-state index in [4.69, 9.17) is 4.42 Å². The minimum atomic E-state index is -0.297. The van der Waals surface area contributed by atoms with Crippen LogP contribution in [-0.2, 0) is 0 Å². The van der Waals surface area contributed by atoms with Gasteiger partial charge in [0, 0.05) is 15.4 Å². The normalized spacial score (nSPS) is 10.8. The van der Waals surface area contributed by atoms with Crippen molar-refractivity contribution in [3.05, 3.63) is 67.0 Å².